The van der Waals surface area contributed by atoms with Crippen LogP contribution in [0.4, 0.5) is 5.69 Å². The minimum absolute atomic E-state index is 0.700. The molecule has 102 valence electrons. The summed E-state index contributed by atoms with van der Waals surface area (Å²) in [5.74, 6) is 0. The number of hydrogen-bond acceptors (Lipinski definition) is 5. The first kappa shape index (κ1) is 12.3. The summed E-state index contributed by atoms with van der Waals surface area (Å²) in [6, 6.07) is 8.25. The van der Waals surface area contributed by atoms with Crippen molar-refractivity contribution in [1.29, 1.82) is 0 Å². The lowest BCUT2D eigenvalue weighted by atomic mass is 10.2. The number of anilines is 1. The molecule has 0 radical (unpaired) electrons. The fourth-order valence-electron chi connectivity index (χ4n) is 1.89. The Morgan fingerprint density at radius 2 is 2.05 bits per heavy atom. The molecule has 0 fully saturated rings. The number of nitrogens with zero attached hydrogens (tertiary/aromatic N) is 6. The molecule has 0 aliphatic carbocycles. The topological polar surface area (TPSA) is 73.5 Å². The minimum atomic E-state index is 0.700. The molecule has 2 heterocycles. The van der Waals surface area contributed by atoms with E-state index in [-0.39, 0.29) is 0 Å². The highest BCUT2D eigenvalue weighted by molar-refractivity contribution is 5.44. The summed E-state index contributed by atoms with van der Waals surface area (Å²) in [5.41, 5.74) is 3.29. The zero-order valence-electron chi connectivity index (χ0n) is 11.1. The van der Waals surface area contributed by atoms with Gasteiger partial charge in [0.15, 0.2) is 0 Å². The molecule has 0 amide bonds. The van der Waals surface area contributed by atoms with Gasteiger partial charge in [-0.15, -0.1) is 5.10 Å². The third-order valence-electron chi connectivity index (χ3n) is 3.05. The highest BCUT2D eigenvalue weighted by atomic mass is 15.4. The van der Waals surface area contributed by atoms with Gasteiger partial charge in [0, 0.05) is 12.7 Å². The lowest BCUT2D eigenvalue weighted by Crippen LogP contribution is -2.05. The average molecular weight is 269 g/mol. The van der Waals surface area contributed by atoms with Crippen LogP contribution in [-0.2, 0) is 20.1 Å². The Labute approximate surface area is 116 Å². The van der Waals surface area contributed by atoms with Gasteiger partial charge in [-0.05, 0) is 17.7 Å². The van der Waals surface area contributed by atoms with E-state index >= 15 is 0 Å². The molecule has 3 aromatic rings. The second-order valence-electron chi connectivity index (χ2n) is 4.49. The fraction of sp³-hybridized carbons (Fsp3) is 0.231. The maximum absolute atomic E-state index is 4.09. The fourth-order valence-corrected chi connectivity index (χ4v) is 1.89. The van der Waals surface area contributed by atoms with Crippen molar-refractivity contribution < 1.29 is 0 Å². The summed E-state index contributed by atoms with van der Waals surface area (Å²) in [6.07, 6.45) is 5.01. The van der Waals surface area contributed by atoms with Crippen LogP contribution < -0.4 is 5.32 Å². The third kappa shape index (κ3) is 2.82. The molecule has 0 spiro atoms. The Bertz CT molecular complexity index is 654. The highest BCUT2D eigenvalue weighted by Gasteiger charge is 2.00. The predicted octanol–water partition coefficient (Wildman–Crippen LogP) is 1.07. The molecule has 0 aliphatic heterocycles. The molecule has 0 saturated carbocycles. The number of benzene rings is 1. The molecule has 1 N–H and O–H groups in total. The normalized spacial score (nSPS) is 10.7. The van der Waals surface area contributed by atoms with Crippen LogP contribution >= 0.6 is 0 Å². The van der Waals surface area contributed by atoms with Gasteiger partial charge in [-0.25, -0.2) is 9.67 Å². The van der Waals surface area contributed by atoms with Gasteiger partial charge in [-0.2, -0.15) is 5.10 Å². The summed E-state index contributed by atoms with van der Waals surface area (Å²) in [5, 5.41) is 15.2. The molecular formula is C13H15N7. The molecule has 0 unspecified atom stereocenters. The van der Waals surface area contributed by atoms with Crippen molar-refractivity contribution in [2.24, 2.45) is 7.05 Å². The number of nitrogens with one attached hydrogen (secondary N) is 1. The Balaban J connectivity index is 1.60. The maximum Gasteiger partial charge on any atom is 0.137 e. The predicted molar refractivity (Wildman–Crippen MR) is 73.9 cm³/mol. The van der Waals surface area contributed by atoms with Gasteiger partial charge in [-0.1, -0.05) is 17.3 Å². The largest absolute Gasteiger partial charge is 0.379 e. The van der Waals surface area contributed by atoms with Crippen LogP contribution in [0.3, 0.4) is 0 Å². The molecular weight excluding hydrogens is 254 g/mol. The average Bonchev–Trinajstić information content (AvgIpc) is 3.10. The number of aromatic nitrogens is 6. The molecule has 1 aromatic carbocycles. The van der Waals surface area contributed by atoms with E-state index in [1.54, 1.807) is 21.9 Å². The minimum Gasteiger partial charge on any atom is -0.379 e. The summed E-state index contributed by atoms with van der Waals surface area (Å²) >= 11 is 0. The zero-order valence-corrected chi connectivity index (χ0v) is 11.1. The molecule has 0 aliphatic rings. The lowest BCUT2D eigenvalue weighted by molar-refractivity contribution is 0.683. The van der Waals surface area contributed by atoms with E-state index in [2.05, 4.69) is 50.0 Å². The second-order valence-corrected chi connectivity index (χ2v) is 4.49. The zero-order chi connectivity index (χ0) is 13.8. The van der Waals surface area contributed by atoms with Crippen molar-refractivity contribution in [2.75, 3.05) is 5.32 Å². The van der Waals surface area contributed by atoms with E-state index in [1.807, 2.05) is 7.05 Å². The van der Waals surface area contributed by atoms with E-state index in [1.165, 1.54) is 11.9 Å². The van der Waals surface area contributed by atoms with Gasteiger partial charge < -0.3 is 5.32 Å². The van der Waals surface area contributed by atoms with Crippen molar-refractivity contribution in [3.8, 4) is 0 Å². The molecule has 2 aromatic heterocycles. The second kappa shape index (κ2) is 5.52. The first-order valence-corrected chi connectivity index (χ1v) is 6.30. The van der Waals surface area contributed by atoms with Crippen LogP contribution in [0.15, 0.2) is 43.1 Å². The first-order valence-electron chi connectivity index (χ1n) is 6.30. The van der Waals surface area contributed by atoms with Crippen molar-refractivity contribution in [3.63, 3.8) is 0 Å². The van der Waals surface area contributed by atoms with Gasteiger partial charge >= 0.3 is 0 Å². The van der Waals surface area contributed by atoms with E-state index in [0.717, 1.165) is 17.9 Å². The quantitative estimate of drug-likeness (QED) is 0.750. The Morgan fingerprint density at radius 1 is 1.20 bits per heavy atom. The van der Waals surface area contributed by atoms with E-state index in [9.17, 15) is 0 Å². The molecule has 7 heteroatoms. The molecule has 3 rings (SSSR count). The first-order chi connectivity index (χ1) is 9.81. The summed E-state index contributed by atoms with van der Waals surface area (Å²) in [7, 11) is 1.88. The summed E-state index contributed by atoms with van der Waals surface area (Å²) in [6.45, 7) is 1.43. The monoisotopic (exact) mass is 269 g/mol. The highest BCUT2D eigenvalue weighted by Crippen LogP contribution is 2.11. The number of hydrogen-bond donors (Lipinski definition) is 1. The van der Waals surface area contributed by atoms with Gasteiger partial charge in [-0.3, -0.25) is 4.68 Å². The van der Waals surface area contributed by atoms with Crippen LogP contribution in [0.2, 0.25) is 0 Å². The van der Waals surface area contributed by atoms with Crippen LogP contribution in [-0.4, -0.2) is 29.8 Å². The maximum atomic E-state index is 4.09. The van der Waals surface area contributed by atoms with E-state index < -0.39 is 0 Å². The van der Waals surface area contributed by atoms with Crippen molar-refractivity contribution in [1.82, 2.24) is 29.8 Å². The van der Waals surface area contributed by atoms with Gasteiger partial charge in [0.05, 0.1) is 25.0 Å². The molecule has 0 atom stereocenters. The van der Waals surface area contributed by atoms with Crippen molar-refractivity contribution in [3.05, 3.63) is 54.4 Å². The van der Waals surface area contributed by atoms with Gasteiger partial charge in [0.25, 0.3) is 0 Å². The number of rotatable bonds is 5. The van der Waals surface area contributed by atoms with Crippen LogP contribution in [0.25, 0.3) is 0 Å². The summed E-state index contributed by atoms with van der Waals surface area (Å²) < 4.78 is 3.55. The van der Waals surface area contributed by atoms with Crippen LogP contribution in [0.1, 0.15) is 11.3 Å². The molecule has 0 saturated heterocycles. The van der Waals surface area contributed by atoms with E-state index in [4.69, 9.17) is 0 Å². The van der Waals surface area contributed by atoms with E-state index in [0.29, 0.717) is 6.54 Å². The van der Waals surface area contributed by atoms with Gasteiger partial charge in [0.1, 0.15) is 12.7 Å². The van der Waals surface area contributed by atoms with Crippen molar-refractivity contribution in [2.45, 2.75) is 13.1 Å². The lowest BCUT2D eigenvalue weighted by Gasteiger charge is -2.07. The van der Waals surface area contributed by atoms with Crippen LogP contribution in [0, 0.1) is 0 Å². The molecule has 0 bridgehead atoms. The molecule has 20 heavy (non-hydrogen) atoms. The Hall–Kier alpha value is -2.70. The number of aryl methyl sites for hydroxylation is 1. The Morgan fingerprint density at radius 3 is 2.70 bits per heavy atom. The Kier molecular flexibility index (Phi) is 3.40. The smallest absolute Gasteiger partial charge is 0.137 e. The van der Waals surface area contributed by atoms with Crippen LogP contribution in [0.5, 0.6) is 0 Å². The van der Waals surface area contributed by atoms with Gasteiger partial charge in [0.2, 0.25) is 0 Å². The van der Waals surface area contributed by atoms with Crippen molar-refractivity contribution >= 4 is 5.69 Å². The standard InChI is InChI=1S/C13H15N7/c1-19-13(7-16-18-19)6-15-12-4-2-11(3-5-12)8-20-10-14-9-17-20/h2-5,7,9-10,15H,6,8H2,1H3. The SMILES string of the molecule is Cn1nncc1CNc1ccc(Cn2cncn2)cc1. The molecule has 7 nitrogen and oxygen atoms in total. The third-order valence-corrected chi connectivity index (χ3v) is 3.05. The summed E-state index contributed by atoms with van der Waals surface area (Å²) in [4.78, 5) is 3.93.